The monoisotopic (exact) mass is 428 g/mol. The molecule has 4 N–H and O–H groups in total. The summed E-state index contributed by atoms with van der Waals surface area (Å²) in [5, 5.41) is 5.43. The van der Waals surface area contributed by atoms with Gasteiger partial charge in [-0.05, 0) is 35.0 Å². The second-order valence-electron chi connectivity index (χ2n) is 5.89. The number of ether oxygens (including phenoxy) is 1. The number of pyridine rings is 1. The molecule has 0 amide bonds. The number of halogens is 1. The summed E-state index contributed by atoms with van der Waals surface area (Å²) < 4.78 is 6.98. The minimum atomic E-state index is 0.544. The van der Waals surface area contributed by atoms with E-state index in [4.69, 9.17) is 11.5 Å². The molecular weight excluding hydrogens is 408 g/mol. The van der Waals surface area contributed by atoms with Crippen LogP contribution < -0.4 is 11.5 Å². The van der Waals surface area contributed by atoms with E-state index in [-0.39, 0.29) is 0 Å². The van der Waals surface area contributed by atoms with Crippen molar-refractivity contribution in [1.82, 2.24) is 19.6 Å². The van der Waals surface area contributed by atoms with Gasteiger partial charge in [-0.2, -0.15) is 9.61 Å². The molecule has 7 nitrogen and oxygen atoms in total. The molecule has 0 unspecified atom stereocenters. The lowest BCUT2D eigenvalue weighted by molar-refractivity contribution is 0.207. The number of hydrogen-bond acceptors (Lipinski definition) is 6. The lowest BCUT2D eigenvalue weighted by Crippen LogP contribution is -2.05. The van der Waals surface area contributed by atoms with Gasteiger partial charge in [0.05, 0.1) is 28.5 Å². The second-order valence-corrected chi connectivity index (χ2v) is 6.68. The van der Waals surface area contributed by atoms with Crippen molar-refractivity contribution in [1.29, 1.82) is 0 Å². The summed E-state index contributed by atoms with van der Waals surface area (Å²) in [5.74, 6) is 0.544. The number of rotatable bonds is 3. The highest BCUT2D eigenvalue weighted by molar-refractivity contribution is 9.10. The van der Waals surface area contributed by atoms with Gasteiger partial charge < -0.3 is 16.2 Å². The molecule has 27 heavy (non-hydrogen) atoms. The lowest BCUT2D eigenvalue weighted by Gasteiger charge is -2.06. The number of aryl methyl sites for hydroxylation is 1. The minimum absolute atomic E-state index is 0.544. The van der Waals surface area contributed by atoms with Crippen LogP contribution in [0.15, 0.2) is 47.2 Å². The molecule has 4 aromatic rings. The summed E-state index contributed by atoms with van der Waals surface area (Å²) in [6.45, 7) is 3.20. The van der Waals surface area contributed by atoms with Crippen molar-refractivity contribution < 1.29 is 4.74 Å². The molecular formula is C19H21BrN6O. The van der Waals surface area contributed by atoms with Gasteiger partial charge in [0.25, 0.3) is 0 Å². The maximum absolute atomic E-state index is 6.10. The number of nitrogen functional groups attached to an aromatic ring is 1. The Morgan fingerprint density at radius 2 is 2.00 bits per heavy atom. The number of fused-ring (bicyclic) bond motifs is 2. The number of anilines is 1. The summed E-state index contributed by atoms with van der Waals surface area (Å²) in [6, 6.07) is 10.1. The minimum Gasteiger partial charge on any atom is -0.383 e. The van der Waals surface area contributed by atoms with Gasteiger partial charge in [0.2, 0.25) is 0 Å². The van der Waals surface area contributed by atoms with Crippen LogP contribution >= 0.6 is 15.9 Å². The summed E-state index contributed by atoms with van der Waals surface area (Å²) in [4.78, 5) is 9.10. The Labute approximate surface area is 165 Å². The normalized spacial score (nSPS) is 10.8. The van der Waals surface area contributed by atoms with Crippen molar-refractivity contribution >= 4 is 38.3 Å². The Morgan fingerprint density at radius 1 is 1.22 bits per heavy atom. The lowest BCUT2D eigenvalue weighted by atomic mass is 10.1. The van der Waals surface area contributed by atoms with Crippen LogP contribution in [0.5, 0.6) is 0 Å². The SMILES string of the molecule is COCCN.Cc1nc2c(-c3cnc4ccccc4c3)cnn2c(N)c1Br. The molecule has 0 saturated heterocycles. The predicted octanol–water partition coefficient (Wildman–Crippen LogP) is 3.19. The van der Waals surface area contributed by atoms with Gasteiger partial charge in [-0.25, -0.2) is 4.98 Å². The Bertz CT molecular complexity index is 1080. The molecule has 0 aliphatic heterocycles. The number of methoxy groups -OCH3 is 1. The third kappa shape index (κ3) is 3.92. The van der Waals surface area contributed by atoms with Gasteiger partial charge >= 0.3 is 0 Å². The van der Waals surface area contributed by atoms with E-state index in [1.54, 1.807) is 17.8 Å². The molecule has 0 radical (unpaired) electrons. The fourth-order valence-corrected chi connectivity index (χ4v) is 2.91. The van der Waals surface area contributed by atoms with E-state index >= 15 is 0 Å². The number of benzene rings is 1. The Morgan fingerprint density at radius 3 is 2.70 bits per heavy atom. The second kappa shape index (κ2) is 8.43. The van der Waals surface area contributed by atoms with Crippen LogP contribution in [0.2, 0.25) is 0 Å². The molecule has 0 atom stereocenters. The van der Waals surface area contributed by atoms with E-state index in [0.29, 0.717) is 19.0 Å². The molecule has 0 saturated carbocycles. The van der Waals surface area contributed by atoms with Gasteiger partial charge in [0, 0.05) is 36.4 Å². The zero-order valence-electron chi connectivity index (χ0n) is 15.2. The number of nitrogens with two attached hydrogens (primary N) is 2. The number of hydrogen-bond donors (Lipinski definition) is 2. The Kier molecular flexibility index (Phi) is 6.00. The van der Waals surface area contributed by atoms with Crippen molar-refractivity contribution in [2.75, 3.05) is 26.0 Å². The van der Waals surface area contributed by atoms with E-state index in [2.05, 4.69) is 41.8 Å². The average molecular weight is 429 g/mol. The van der Waals surface area contributed by atoms with Gasteiger partial charge in [0.1, 0.15) is 5.82 Å². The van der Waals surface area contributed by atoms with Gasteiger partial charge in [-0.15, -0.1) is 0 Å². The van der Waals surface area contributed by atoms with Gasteiger partial charge in [0.15, 0.2) is 5.65 Å². The number of aromatic nitrogens is 4. The largest absolute Gasteiger partial charge is 0.383 e. The summed E-state index contributed by atoms with van der Waals surface area (Å²) in [5.41, 5.74) is 15.5. The smallest absolute Gasteiger partial charge is 0.165 e. The van der Waals surface area contributed by atoms with Gasteiger partial charge in [-0.3, -0.25) is 4.98 Å². The van der Waals surface area contributed by atoms with Crippen LogP contribution in [0.1, 0.15) is 5.69 Å². The fourth-order valence-electron chi connectivity index (χ4n) is 2.65. The molecule has 8 heteroatoms. The molecule has 3 heterocycles. The molecule has 4 rings (SSSR count). The standard InChI is InChI=1S/C16H12BrN5.C3H9NO/c1-9-14(17)15(18)22-16(21-9)12(8-20-22)11-6-10-4-2-3-5-13(10)19-7-11;1-5-3-2-4/h2-8H,18H2,1H3;2-4H2,1H3. The van der Waals surface area contributed by atoms with Crippen molar-refractivity contribution in [3.05, 3.63) is 52.9 Å². The third-order valence-electron chi connectivity index (χ3n) is 4.01. The van der Waals surface area contributed by atoms with Crippen molar-refractivity contribution in [3.8, 4) is 11.1 Å². The van der Waals surface area contributed by atoms with Crippen molar-refractivity contribution in [2.45, 2.75) is 6.92 Å². The fraction of sp³-hybridized carbons (Fsp3) is 0.211. The highest BCUT2D eigenvalue weighted by atomic mass is 79.9. The average Bonchev–Trinajstić information content (AvgIpc) is 3.11. The van der Waals surface area contributed by atoms with Crippen LogP contribution in [0, 0.1) is 6.92 Å². The molecule has 0 aliphatic carbocycles. The quantitative estimate of drug-likeness (QED) is 0.518. The summed E-state index contributed by atoms with van der Waals surface area (Å²) in [6.07, 6.45) is 3.62. The first kappa shape index (κ1) is 19.2. The van der Waals surface area contributed by atoms with Crippen LogP contribution in [0.4, 0.5) is 5.82 Å². The van der Waals surface area contributed by atoms with E-state index < -0.39 is 0 Å². The zero-order chi connectivity index (χ0) is 19.4. The predicted molar refractivity (Wildman–Crippen MR) is 112 cm³/mol. The van der Waals surface area contributed by atoms with Gasteiger partial charge in [-0.1, -0.05) is 18.2 Å². The third-order valence-corrected chi connectivity index (χ3v) is 4.99. The van der Waals surface area contributed by atoms with E-state index in [0.717, 1.165) is 37.8 Å². The van der Waals surface area contributed by atoms with Crippen molar-refractivity contribution in [2.24, 2.45) is 5.73 Å². The van der Waals surface area contributed by atoms with Crippen LogP contribution in [-0.4, -0.2) is 39.8 Å². The van der Waals surface area contributed by atoms with E-state index in [1.165, 1.54) is 0 Å². The molecule has 0 aliphatic rings. The highest BCUT2D eigenvalue weighted by Crippen LogP contribution is 2.30. The van der Waals surface area contributed by atoms with Crippen molar-refractivity contribution in [3.63, 3.8) is 0 Å². The highest BCUT2D eigenvalue weighted by Gasteiger charge is 2.14. The maximum Gasteiger partial charge on any atom is 0.165 e. The summed E-state index contributed by atoms with van der Waals surface area (Å²) >= 11 is 3.44. The topological polar surface area (TPSA) is 104 Å². The number of nitrogens with zero attached hydrogens (tertiary/aromatic N) is 4. The Balaban J connectivity index is 0.000000376. The van der Waals surface area contributed by atoms with Crippen LogP contribution in [0.3, 0.4) is 0 Å². The summed E-state index contributed by atoms with van der Waals surface area (Å²) in [7, 11) is 1.63. The van der Waals surface area contributed by atoms with Crippen LogP contribution in [0.25, 0.3) is 27.7 Å². The molecule has 0 bridgehead atoms. The molecule has 0 fully saturated rings. The first-order valence-corrected chi connectivity index (χ1v) is 9.19. The zero-order valence-corrected chi connectivity index (χ0v) is 16.8. The van der Waals surface area contributed by atoms with Crippen LogP contribution in [-0.2, 0) is 4.74 Å². The first-order valence-electron chi connectivity index (χ1n) is 8.40. The van der Waals surface area contributed by atoms with E-state index in [1.807, 2.05) is 37.4 Å². The van der Waals surface area contributed by atoms with E-state index in [9.17, 15) is 0 Å². The molecule has 3 aromatic heterocycles. The maximum atomic E-state index is 6.10. The first-order chi connectivity index (χ1) is 13.1. The number of para-hydroxylation sites is 1. The molecule has 0 spiro atoms. The molecule has 1 aromatic carbocycles. The molecule has 140 valence electrons. The Hall–Kier alpha value is -2.55.